The first kappa shape index (κ1) is 13.6. The number of aromatic nitrogens is 1. The van der Waals surface area contributed by atoms with Crippen LogP contribution in [0.2, 0.25) is 0 Å². The van der Waals surface area contributed by atoms with E-state index in [1.54, 1.807) is 6.20 Å². The lowest BCUT2D eigenvalue weighted by atomic mass is 9.99. The number of nitrogens with zero attached hydrogens (tertiary/aromatic N) is 1. The van der Waals surface area contributed by atoms with Crippen LogP contribution in [0.1, 0.15) is 37.3 Å². The molecular weight excluding hydrogens is 236 g/mol. The number of ether oxygens (including phenoxy) is 1. The number of nitrogens with two attached hydrogens (primary N) is 1. The molecule has 2 aromatic rings. The molecule has 0 aliphatic heterocycles. The van der Waals surface area contributed by atoms with E-state index in [0.29, 0.717) is 18.3 Å². The fourth-order valence-corrected chi connectivity index (χ4v) is 1.85. The Morgan fingerprint density at radius 2 is 1.95 bits per heavy atom. The lowest BCUT2D eigenvalue weighted by Crippen LogP contribution is -1.97. The third kappa shape index (κ3) is 3.55. The molecule has 1 heterocycles. The quantitative estimate of drug-likeness (QED) is 0.884. The highest BCUT2D eigenvalue weighted by atomic mass is 16.5. The molecule has 3 heteroatoms. The molecule has 0 amide bonds. The molecule has 1 unspecified atom stereocenters. The lowest BCUT2D eigenvalue weighted by Gasteiger charge is -2.10. The number of benzene rings is 1. The molecule has 1 atom stereocenters. The zero-order valence-corrected chi connectivity index (χ0v) is 11.5. The van der Waals surface area contributed by atoms with Crippen LogP contribution in [-0.4, -0.2) is 4.98 Å². The van der Waals surface area contributed by atoms with E-state index < -0.39 is 0 Å². The van der Waals surface area contributed by atoms with Crippen molar-refractivity contribution in [1.82, 2.24) is 4.98 Å². The second-order valence-electron chi connectivity index (χ2n) is 4.69. The van der Waals surface area contributed by atoms with E-state index >= 15 is 0 Å². The average molecular weight is 256 g/mol. The maximum absolute atomic E-state index is 5.72. The van der Waals surface area contributed by atoms with Gasteiger partial charge in [0.25, 0.3) is 0 Å². The van der Waals surface area contributed by atoms with E-state index in [9.17, 15) is 0 Å². The van der Waals surface area contributed by atoms with Crippen molar-refractivity contribution in [2.45, 2.75) is 32.7 Å². The Morgan fingerprint density at radius 1 is 1.21 bits per heavy atom. The Kier molecular flexibility index (Phi) is 4.53. The van der Waals surface area contributed by atoms with Gasteiger partial charge in [-0.15, -0.1) is 0 Å². The van der Waals surface area contributed by atoms with Crippen molar-refractivity contribution in [1.29, 1.82) is 0 Å². The van der Waals surface area contributed by atoms with Crippen LogP contribution in [-0.2, 0) is 6.54 Å². The van der Waals surface area contributed by atoms with Crippen LogP contribution in [0.4, 0.5) is 0 Å². The van der Waals surface area contributed by atoms with Crippen molar-refractivity contribution in [3.8, 4) is 11.6 Å². The number of hydrogen-bond acceptors (Lipinski definition) is 3. The van der Waals surface area contributed by atoms with Crippen molar-refractivity contribution in [2.75, 3.05) is 0 Å². The predicted octanol–water partition coefficient (Wildman–Crippen LogP) is 3.85. The number of hydrogen-bond donors (Lipinski definition) is 1. The van der Waals surface area contributed by atoms with Crippen molar-refractivity contribution >= 4 is 0 Å². The molecule has 1 aromatic carbocycles. The Labute approximate surface area is 114 Å². The second-order valence-corrected chi connectivity index (χ2v) is 4.69. The van der Waals surface area contributed by atoms with E-state index in [4.69, 9.17) is 10.5 Å². The summed E-state index contributed by atoms with van der Waals surface area (Å²) in [4.78, 5) is 4.18. The summed E-state index contributed by atoms with van der Waals surface area (Å²) >= 11 is 0. The highest BCUT2D eigenvalue weighted by Crippen LogP contribution is 2.24. The molecule has 100 valence electrons. The standard InChI is InChI=1S/C16H20N2O/c1-3-12(2)14-4-6-15(7-5-14)19-16-10-13(11-17)8-9-18-16/h4-10,12H,3,11,17H2,1-2H3. The third-order valence-electron chi connectivity index (χ3n) is 3.32. The van der Waals surface area contributed by atoms with Gasteiger partial charge in [0.15, 0.2) is 0 Å². The average Bonchev–Trinajstić information content (AvgIpc) is 2.47. The van der Waals surface area contributed by atoms with Crippen LogP contribution in [0.3, 0.4) is 0 Å². The van der Waals surface area contributed by atoms with Crippen LogP contribution in [0.5, 0.6) is 11.6 Å². The maximum Gasteiger partial charge on any atom is 0.219 e. The Balaban J connectivity index is 2.10. The Hall–Kier alpha value is -1.87. The highest BCUT2D eigenvalue weighted by Gasteiger charge is 2.04. The monoisotopic (exact) mass is 256 g/mol. The van der Waals surface area contributed by atoms with Crippen molar-refractivity contribution < 1.29 is 4.74 Å². The van der Waals surface area contributed by atoms with Gasteiger partial charge in [-0.05, 0) is 41.7 Å². The van der Waals surface area contributed by atoms with Crippen LogP contribution in [0.25, 0.3) is 0 Å². The molecule has 0 saturated heterocycles. The number of pyridine rings is 1. The summed E-state index contributed by atoms with van der Waals surface area (Å²) in [6.45, 7) is 4.91. The topological polar surface area (TPSA) is 48.1 Å². The van der Waals surface area contributed by atoms with Gasteiger partial charge in [-0.25, -0.2) is 4.98 Å². The zero-order valence-electron chi connectivity index (χ0n) is 11.5. The van der Waals surface area contributed by atoms with E-state index in [2.05, 4.69) is 31.0 Å². The molecule has 3 nitrogen and oxygen atoms in total. The summed E-state index contributed by atoms with van der Waals surface area (Å²) < 4.78 is 5.72. The molecule has 0 fully saturated rings. The smallest absolute Gasteiger partial charge is 0.219 e. The molecule has 2 N–H and O–H groups in total. The van der Waals surface area contributed by atoms with Crippen LogP contribution < -0.4 is 10.5 Å². The minimum Gasteiger partial charge on any atom is -0.439 e. The zero-order chi connectivity index (χ0) is 13.7. The summed E-state index contributed by atoms with van der Waals surface area (Å²) in [5, 5.41) is 0. The van der Waals surface area contributed by atoms with Gasteiger partial charge >= 0.3 is 0 Å². The highest BCUT2D eigenvalue weighted by molar-refractivity contribution is 5.32. The first-order valence-corrected chi connectivity index (χ1v) is 6.65. The van der Waals surface area contributed by atoms with E-state index in [1.807, 2.05) is 24.3 Å². The van der Waals surface area contributed by atoms with Gasteiger partial charge in [-0.2, -0.15) is 0 Å². The molecule has 0 radical (unpaired) electrons. The molecule has 0 saturated carbocycles. The minimum absolute atomic E-state index is 0.492. The summed E-state index contributed by atoms with van der Waals surface area (Å²) in [7, 11) is 0. The third-order valence-corrected chi connectivity index (χ3v) is 3.32. The van der Waals surface area contributed by atoms with E-state index in [-0.39, 0.29) is 0 Å². The Bertz CT molecular complexity index is 523. The van der Waals surface area contributed by atoms with Gasteiger partial charge < -0.3 is 10.5 Å². The molecule has 2 rings (SSSR count). The van der Waals surface area contributed by atoms with Gasteiger partial charge in [0, 0.05) is 18.8 Å². The molecular formula is C16H20N2O. The van der Waals surface area contributed by atoms with Crippen molar-refractivity contribution in [3.05, 3.63) is 53.7 Å². The molecule has 0 aliphatic carbocycles. The maximum atomic E-state index is 5.72. The van der Waals surface area contributed by atoms with Gasteiger partial charge in [0.05, 0.1) is 0 Å². The molecule has 0 spiro atoms. The largest absolute Gasteiger partial charge is 0.439 e. The molecule has 19 heavy (non-hydrogen) atoms. The molecule has 1 aromatic heterocycles. The summed E-state index contributed by atoms with van der Waals surface area (Å²) in [6.07, 6.45) is 2.85. The van der Waals surface area contributed by atoms with Crippen molar-refractivity contribution in [3.63, 3.8) is 0 Å². The fraction of sp³-hybridized carbons (Fsp3) is 0.312. The van der Waals surface area contributed by atoms with E-state index in [1.165, 1.54) is 5.56 Å². The van der Waals surface area contributed by atoms with Crippen LogP contribution >= 0.6 is 0 Å². The van der Waals surface area contributed by atoms with Gasteiger partial charge in [0.1, 0.15) is 5.75 Å². The first-order chi connectivity index (χ1) is 9.22. The van der Waals surface area contributed by atoms with Gasteiger partial charge in [-0.1, -0.05) is 26.0 Å². The summed E-state index contributed by atoms with van der Waals surface area (Å²) in [5.74, 6) is 1.96. The lowest BCUT2D eigenvalue weighted by molar-refractivity contribution is 0.462. The van der Waals surface area contributed by atoms with Crippen LogP contribution in [0, 0.1) is 0 Å². The van der Waals surface area contributed by atoms with E-state index in [0.717, 1.165) is 17.7 Å². The molecule has 0 aliphatic rings. The predicted molar refractivity (Wildman–Crippen MR) is 77.4 cm³/mol. The SMILES string of the molecule is CCC(C)c1ccc(Oc2cc(CN)ccn2)cc1. The fourth-order valence-electron chi connectivity index (χ4n) is 1.85. The van der Waals surface area contributed by atoms with Gasteiger partial charge in [0.2, 0.25) is 5.88 Å². The molecule has 0 bridgehead atoms. The Morgan fingerprint density at radius 3 is 2.58 bits per heavy atom. The number of rotatable bonds is 5. The summed E-state index contributed by atoms with van der Waals surface area (Å²) in [5.41, 5.74) is 7.94. The summed E-state index contributed by atoms with van der Waals surface area (Å²) in [6, 6.07) is 11.9. The van der Waals surface area contributed by atoms with Crippen molar-refractivity contribution in [2.24, 2.45) is 5.73 Å². The van der Waals surface area contributed by atoms with Crippen LogP contribution in [0.15, 0.2) is 42.6 Å². The van der Waals surface area contributed by atoms with Gasteiger partial charge in [-0.3, -0.25) is 0 Å². The first-order valence-electron chi connectivity index (χ1n) is 6.65. The normalized spacial score (nSPS) is 12.2. The second kappa shape index (κ2) is 6.34. The minimum atomic E-state index is 0.492.